The largest absolute Gasteiger partial charge is 0.494 e. The van der Waals surface area contributed by atoms with Crippen molar-refractivity contribution in [1.29, 1.82) is 0 Å². The zero-order chi connectivity index (χ0) is 18.1. The summed E-state index contributed by atoms with van der Waals surface area (Å²) in [6.45, 7) is 5.76. The fourth-order valence-electron chi connectivity index (χ4n) is 2.24. The van der Waals surface area contributed by atoms with E-state index in [2.05, 4.69) is 12.2 Å². The van der Waals surface area contributed by atoms with E-state index in [9.17, 15) is 4.79 Å². The Morgan fingerprint density at radius 1 is 1.16 bits per heavy atom. The van der Waals surface area contributed by atoms with E-state index in [1.54, 1.807) is 6.07 Å². The van der Waals surface area contributed by atoms with Crippen LogP contribution in [0, 0.1) is 6.92 Å². The highest BCUT2D eigenvalue weighted by Gasteiger charge is 2.12. The summed E-state index contributed by atoms with van der Waals surface area (Å²) >= 11 is 0. The van der Waals surface area contributed by atoms with Gasteiger partial charge >= 0.3 is 5.97 Å². The Hall–Kier alpha value is -2.53. The first-order valence-corrected chi connectivity index (χ1v) is 8.43. The number of carbonyl (C=O) groups is 1. The minimum Gasteiger partial charge on any atom is -0.494 e. The van der Waals surface area contributed by atoms with Crippen LogP contribution < -0.4 is 14.8 Å². The van der Waals surface area contributed by atoms with Crippen molar-refractivity contribution < 1.29 is 19.4 Å². The highest BCUT2D eigenvalue weighted by Crippen LogP contribution is 2.15. The Morgan fingerprint density at radius 2 is 1.92 bits per heavy atom. The molecule has 2 aromatic carbocycles. The van der Waals surface area contributed by atoms with Crippen LogP contribution in [0.15, 0.2) is 48.5 Å². The molecule has 0 aliphatic rings. The van der Waals surface area contributed by atoms with Crippen molar-refractivity contribution in [2.75, 3.05) is 13.2 Å². The summed E-state index contributed by atoms with van der Waals surface area (Å²) in [5.41, 5.74) is 2.27. The van der Waals surface area contributed by atoms with Crippen molar-refractivity contribution in [3.8, 4) is 11.5 Å². The summed E-state index contributed by atoms with van der Waals surface area (Å²) in [6, 6.07) is 15.5. The fraction of sp³-hybridized carbons (Fsp3) is 0.350. The van der Waals surface area contributed by atoms with Crippen LogP contribution in [0.2, 0.25) is 0 Å². The molecule has 0 heterocycles. The highest BCUT2D eigenvalue weighted by atomic mass is 16.5. The summed E-state index contributed by atoms with van der Waals surface area (Å²) < 4.78 is 11.1. The average molecular weight is 343 g/mol. The molecule has 0 saturated heterocycles. The van der Waals surface area contributed by atoms with E-state index < -0.39 is 12.1 Å². The number of nitrogens with one attached hydrogen (secondary N) is 1. The smallest absolute Gasteiger partial charge is 0.344 e. The number of carboxylic acid groups (broad SMARTS) is 1. The van der Waals surface area contributed by atoms with Gasteiger partial charge in [0.15, 0.2) is 6.10 Å². The van der Waals surface area contributed by atoms with Crippen molar-refractivity contribution >= 4 is 5.97 Å². The van der Waals surface area contributed by atoms with Gasteiger partial charge in [-0.1, -0.05) is 29.8 Å². The molecule has 0 aliphatic heterocycles. The van der Waals surface area contributed by atoms with Gasteiger partial charge in [0.05, 0.1) is 6.61 Å². The predicted molar refractivity (Wildman–Crippen MR) is 97.2 cm³/mol. The van der Waals surface area contributed by atoms with Gasteiger partial charge in [0.1, 0.15) is 11.5 Å². The van der Waals surface area contributed by atoms with E-state index >= 15 is 0 Å². The Kier molecular flexibility index (Phi) is 7.29. The van der Waals surface area contributed by atoms with E-state index in [1.165, 1.54) is 12.5 Å². The monoisotopic (exact) mass is 343 g/mol. The van der Waals surface area contributed by atoms with Crippen LogP contribution in [0.1, 0.15) is 24.5 Å². The third-order valence-electron chi connectivity index (χ3n) is 3.68. The van der Waals surface area contributed by atoms with E-state index in [-0.39, 0.29) is 0 Å². The van der Waals surface area contributed by atoms with Gasteiger partial charge in [-0.15, -0.1) is 0 Å². The number of hydrogen-bond donors (Lipinski definition) is 2. The molecule has 5 nitrogen and oxygen atoms in total. The molecular weight excluding hydrogens is 318 g/mol. The first-order valence-electron chi connectivity index (χ1n) is 8.43. The van der Waals surface area contributed by atoms with Crippen molar-refractivity contribution in [1.82, 2.24) is 5.32 Å². The minimum absolute atomic E-state index is 0.567. The number of ether oxygens (including phenoxy) is 2. The molecule has 0 aliphatic carbocycles. The summed E-state index contributed by atoms with van der Waals surface area (Å²) in [5, 5.41) is 12.2. The quantitative estimate of drug-likeness (QED) is 0.647. The SMILES string of the molecule is Cc1ccc(OCCCNCc2cccc(O[C@H](C)C(=O)O)c2)cc1. The minimum atomic E-state index is -0.975. The second-order valence-electron chi connectivity index (χ2n) is 5.94. The van der Waals surface area contributed by atoms with Crippen molar-refractivity contribution in [2.24, 2.45) is 0 Å². The molecule has 0 radical (unpaired) electrons. The number of hydrogen-bond acceptors (Lipinski definition) is 4. The van der Waals surface area contributed by atoms with Crippen LogP contribution in [-0.2, 0) is 11.3 Å². The van der Waals surface area contributed by atoms with Crippen LogP contribution in [0.25, 0.3) is 0 Å². The third-order valence-corrected chi connectivity index (χ3v) is 3.68. The number of aryl methyl sites for hydroxylation is 1. The molecule has 0 unspecified atom stereocenters. The standard InChI is InChI=1S/C20H25NO4/c1-15-7-9-18(10-8-15)24-12-4-11-21-14-17-5-3-6-19(13-17)25-16(2)20(22)23/h3,5-10,13,16,21H,4,11-12,14H2,1-2H3,(H,22,23)/t16-/m1/s1. The van der Waals surface area contributed by atoms with Crippen LogP contribution in [0.4, 0.5) is 0 Å². The molecule has 5 heteroatoms. The van der Waals surface area contributed by atoms with Gasteiger partial charge in [0, 0.05) is 6.54 Å². The lowest BCUT2D eigenvalue weighted by Crippen LogP contribution is -2.23. The fourth-order valence-corrected chi connectivity index (χ4v) is 2.24. The molecular formula is C20H25NO4. The van der Waals surface area contributed by atoms with E-state index in [0.29, 0.717) is 18.9 Å². The van der Waals surface area contributed by atoms with Gasteiger partial charge in [-0.05, 0) is 56.6 Å². The Labute approximate surface area is 148 Å². The molecule has 2 N–H and O–H groups in total. The van der Waals surface area contributed by atoms with Gasteiger partial charge in [-0.25, -0.2) is 4.79 Å². The summed E-state index contributed by atoms with van der Waals surface area (Å²) in [6.07, 6.45) is 0.0438. The zero-order valence-corrected chi connectivity index (χ0v) is 14.7. The number of aliphatic carboxylic acids is 1. The molecule has 0 spiro atoms. The Morgan fingerprint density at radius 3 is 2.64 bits per heavy atom. The Bertz CT molecular complexity index is 670. The number of benzene rings is 2. The molecule has 2 aromatic rings. The molecule has 1 atom stereocenters. The second kappa shape index (κ2) is 9.69. The summed E-state index contributed by atoms with van der Waals surface area (Å²) in [5.74, 6) is 0.483. The molecule has 0 saturated carbocycles. The molecule has 134 valence electrons. The lowest BCUT2D eigenvalue weighted by molar-refractivity contribution is -0.144. The zero-order valence-electron chi connectivity index (χ0n) is 14.7. The maximum atomic E-state index is 10.8. The summed E-state index contributed by atoms with van der Waals surface area (Å²) in [4.78, 5) is 10.8. The van der Waals surface area contributed by atoms with E-state index in [0.717, 1.165) is 24.3 Å². The van der Waals surface area contributed by atoms with Gasteiger partial charge in [-0.3, -0.25) is 0 Å². The highest BCUT2D eigenvalue weighted by molar-refractivity contribution is 5.72. The first kappa shape index (κ1) is 18.8. The summed E-state index contributed by atoms with van der Waals surface area (Å²) in [7, 11) is 0. The topological polar surface area (TPSA) is 67.8 Å². The predicted octanol–water partition coefficient (Wildman–Crippen LogP) is 3.41. The number of rotatable bonds is 10. The molecule has 0 amide bonds. The molecule has 0 bridgehead atoms. The molecule has 25 heavy (non-hydrogen) atoms. The average Bonchev–Trinajstić information content (AvgIpc) is 2.60. The molecule has 0 aromatic heterocycles. The van der Waals surface area contributed by atoms with Gasteiger partial charge in [0.2, 0.25) is 0 Å². The number of carboxylic acids is 1. The van der Waals surface area contributed by atoms with Crippen molar-refractivity contribution in [2.45, 2.75) is 32.9 Å². The van der Waals surface area contributed by atoms with E-state index in [4.69, 9.17) is 14.6 Å². The lowest BCUT2D eigenvalue weighted by atomic mass is 10.2. The molecule has 2 rings (SSSR count). The second-order valence-corrected chi connectivity index (χ2v) is 5.94. The van der Waals surface area contributed by atoms with Crippen molar-refractivity contribution in [3.63, 3.8) is 0 Å². The maximum absolute atomic E-state index is 10.8. The maximum Gasteiger partial charge on any atom is 0.344 e. The van der Waals surface area contributed by atoms with Crippen LogP contribution >= 0.6 is 0 Å². The van der Waals surface area contributed by atoms with Crippen molar-refractivity contribution in [3.05, 3.63) is 59.7 Å². The van der Waals surface area contributed by atoms with Gasteiger partial charge in [-0.2, -0.15) is 0 Å². The van der Waals surface area contributed by atoms with Gasteiger partial charge < -0.3 is 19.9 Å². The van der Waals surface area contributed by atoms with Crippen LogP contribution in [0.5, 0.6) is 11.5 Å². The van der Waals surface area contributed by atoms with Crippen LogP contribution in [-0.4, -0.2) is 30.3 Å². The first-order chi connectivity index (χ1) is 12.0. The molecule has 0 fully saturated rings. The third kappa shape index (κ3) is 6.85. The van der Waals surface area contributed by atoms with Crippen LogP contribution in [0.3, 0.4) is 0 Å². The normalized spacial score (nSPS) is 11.8. The lowest BCUT2D eigenvalue weighted by Gasteiger charge is -2.12. The Balaban J connectivity index is 1.66. The van der Waals surface area contributed by atoms with E-state index in [1.807, 2.05) is 42.5 Å². The van der Waals surface area contributed by atoms with Gasteiger partial charge in [0.25, 0.3) is 0 Å².